The summed E-state index contributed by atoms with van der Waals surface area (Å²) in [7, 11) is 0. The van der Waals surface area contributed by atoms with E-state index in [1.165, 1.54) is 12.4 Å². The molecule has 1 N–H and O–H groups in total. The van der Waals surface area contributed by atoms with Crippen LogP contribution in [0.1, 0.15) is 0 Å². The third kappa shape index (κ3) is 0.314. The maximum absolute atomic E-state index is 9.79. The van der Waals surface area contributed by atoms with Crippen LogP contribution in [0, 0.1) is 4.91 Å². The first-order valence-corrected chi connectivity index (χ1v) is 1.45. The van der Waals surface area contributed by atoms with Crippen molar-refractivity contribution >= 4 is 0 Å². The molecular formula is C2H3N2O2+. The van der Waals surface area contributed by atoms with E-state index < -0.39 is 0 Å². The summed E-state index contributed by atoms with van der Waals surface area (Å²) in [6, 6.07) is 0. The smallest absolute Gasteiger partial charge is 0.0888 e. The Morgan fingerprint density at radius 1 is 1.83 bits per heavy atom. The lowest BCUT2D eigenvalue weighted by Crippen LogP contribution is -2.04. The number of aromatic nitrogens is 2. The molecule has 0 saturated heterocycles. The SMILES string of the molecule is O=[n+]1cc[nH]o1. The van der Waals surface area contributed by atoms with Gasteiger partial charge < -0.3 is 0 Å². The first-order valence-electron chi connectivity index (χ1n) is 1.45. The molecule has 0 saturated carbocycles. The van der Waals surface area contributed by atoms with E-state index in [4.69, 9.17) is 0 Å². The highest BCUT2D eigenvalue weighted by molar-refractivity contribution is 4.44. The molecule has 1 aromatic rings. The number of hydrogen-bond donors (Lipinski definition) is 1. The average Bonchev–Trinajstić information content (AvgIpc) is 1.86. The molecule has 0 fully saturated rings. The second kappa shape index (κ2) is 0.965. The zero-order valence-electron chi connectivity index (χ0n) is 2.92. The molecule has 0 aromatic carbocycles. The largest absolute Gasteiger partial charge is 0.229 e. The fraction of sp³-hybridized carbons (Fsp3) is 0. The predicted molar refractivity (Wildman–Crippen MR) is 16.4 cm³/mol. The van der Waals surface area contributed by atoms with Crippen LogP contribution in [0.15, 0.2) is 17.0 Å². The van der Waals surface area contributed by atoms with Gasteiger partial charge in [-0.05, 0) is 4.91 Å². The summed E-state index contributed by atoms with van der Waals surface area (Å²) >= 11 is 0. The Balaban J connectivity index is 3.41. The summed E-state index contributed by atoms with van der Waals surface area (Å²) in [6.07, 6.45) is 2.62. The summed E-state index contributed by atoms with van der Waals surface area (Å²) in [5, 5.41) is 2.20. The Morgan fingerprint density at radius 2 is 2.67 bits per heavy atom. The van der Waals surface area contributed by atoms with Gasteiger partial charge in [-0.3, -0.25) is 0 Å². The molecule has 1 rings (SSSR count). The van der Waals surface area contributed by atoms with Crippen molar-refractivity contribution in [3.63, 3.8) is 0 Å². The highest BCUT2D eigenvalue weighted by Crippen LogP contribution is 1.56. The topological polar surface area (TPSA) is 51.9 Å². The van der Waals surface area contributed by atoms with Gasteiger partial charge in [-0.2, -0.15) is 0 Å². The van der Waals surface area contributed by atoms with Crippen LogP contribution in [-0.4, -0.2) is 5.16 Å². The molecule has 4 heteroatoms. The lowest BCUT2D eigenvalue weighted by molar-refractivity contribution is -0.713. The summed E-state index contributed by atoms with van der Waals surface area (Å²) < 4.78 is 4.39. The number of rotatable bonds is 0. The van der Waals surface area contributed by atoms with Crippen molar-refractivity contribution < 1.29 is 9.23 Å². The fourth-order valence-electron chi connectivity index (χ4n) is 0.204. The molecule has 4 nitrogen and oxygen atoms in total. The van der Waals surface area contributed by atoms with E-state index in [2.05, 4.69) is 9.79 Å². The molecule has 0 atom stereocenters. The van der Waals surface area contributed by atoms with Crippen LogP contribution in [0.4, 0.5) is 0 Å². The second-order valence-electron chi connectivity index (χ2n) is 0.810. The highest BCUT2D eigenvalue weighted by Gasteiger charge is 1.80. The van der Waals surface area contributed by atoms with Gasteiger partial charge in [0, 0.05) is 0 Å². The minimum Gasteiger partial charge on any atom is -0.0888 e. The first-order chi connectivity index (χ1) is 2.89. The number of H-pyrrole nitrogens is 1. The van der Waals surface area contributed by atoms with Crippen LogP contribution in [0.5, 0.6) is 0 Å². The van der Waals surface area contributed by atoms with Crippen molar-refractivity contribution in [1.82, 2.24) is 5.16 Å². The number of aromatic amines is 1. The van der Waals surface area contributed by atoms with E-state index >= 15 is 0 Å². The monoisotopic (exact) mass is 87.0 g/mol. The number of hydrogen-bond acceptors (Lipinski definition) is 2. The molecule has 0 amide bonds. The van der Waals surface area contributed by atoms with Gasteiger partial charge in [0.25, 0.3) is 0 Å². The maximum atomic E-state index is 9.79. The molecule has 0 spiro atoms. The van der Waals surface area contributed by atoms with Crippen molar-refractivity contribution in [3.8, 4) is 0 Å². The second-order valence-corrected chi connectivity index (χ2v) is 0.810. The summed E-state index contributed by atoms with van der Waals surface area (Å²) in [4.78, 5) is 9.79. The quantitative estimate of drug-likeness (QED) is 0.464. The molecule has 0 aliphatic carbocycles. The van der Waals surface area contributed by atoms with Crippen LogP contribution < -0.4 is 4.60 Å². The Labute approximate surface area is 32.9 Å². The van der Waals surface area contributed by atoms with E-state index in [-0.39, 0.29) is 0 Å². The maximum Gasteiger partial charge on any atom is 0.229 e. The molecule has 0 bridgehead atoms. The molecule has 0 unspecified atom stereocenters. The molecule has 1 aromatic heterocycles. The molecule has 0 aliphatic heterocycles. The van der Waals surface area contributed by atoms with Gasteiger partial charge in [0.1, 0.15) is 0 Å². The first kappa shape index (κ1) is 3.14. The highest BCUT2D eigenvalue weighted by atomic mass is 16.7. The van der Waals surface area contributed by atoms with Crippen LogP contribution in [0.25, 0.3) is 0 Å². The van der Waals surface area contributed by atoms with Gasteiger partial charge >= 0.3 is 0 Å². The number of nitrogens with one attached hydrogen (secondary N) is 1. The van der Waals surface area contributed by atoms with Gasteiger partial charge in [0.15, 0.2) is 10.8 Å². The van der Waals surface area contributed by atoms with E-state index in [0.29, 0.717) is 4.60 Å². The van der Waals surface area contributed by atoms with Crippen molar-refractivity contribution in [2.24, 2.45) is 0 Å². The third-order valence-electron chi connectivity index (χ3n) is 0.407. The molecule has 6 heavy (non-hydrogen) atoms. The van der Waals surface area contributed by atoms with E-state index in [1.54, 1.807) is 0 Å². The molecule has 32 valence electrons. The van der Waals surface area contributed by atoms with Gasteiger partial charge in [-0.25, -0.2) is 0 Å². The summed E-state index contributed by atoms with van der Waals surface area (Å²) in [5.74, 6) is 0. The van der Waals surface area contributed by atoms with Crippen LogP contribution >= 0.6 is 0 Å². The van der Waals surface area contributed by atoms with E-state index in [9.17, 15) is 4.91 Å². The minimum absolute atomic E-state index is 0.319. The van der Waals surface area contributed by atoms with E-state index in [1.807, 2.05) is 0 Å². The Kier molecular flexibility index (Phi) is 0.506. The van der Waals surface area contributed by atoms with Crippen LogP contribution in [0.2, 0.25) is 0 Å². The van der Waals surface area contributed by atoms with Crippen molar-refractivity contribution in [2.75, 3.05) is 0 Å². The van der Waals surface area contributed by atoms with E-state index in [0.717, 1.165) is 0 Å². The molecule has 0 aliphatic rings. The van der Waals surface area contributed by atoms with Gasteiger partial charge in [0.05, 0.1) is 0 Å². The molecule has 1 heterocycles. The zero-order valence-corrected chi connectivity index (χ0v) is 2.92. The Hall–Kier alpha value is -1.06. The van der Waals surface area contributed by atoms with Crippen LogP contribution in [0.3, 0.4) is 0 Å². The lowest BCUT2D eigenvalue weighted by atomic mass is 11.0. The van der Waals surface area contributed by atoms with Crippen molar-refractivity contribution in [1.29, 1.82) is 0 Å². The standard InChI is InChI=1S/C2H3N2O2/c5-4-2-1-3-6-4/h1-3H/q+1. The van der Waals surface area contributed by atoms with Gasteiger partial charge in [-0.15, -0.1) is 0 Å². The van der Waals surface area contributed by atoms with Crippen molar-refractivity contribution in [3.05, 3.63) is 17.3 Å². The van der Waals surface area contributed by atoms with Crippen molar-refractivity contribution in [2.45, 2.75) is 0 Å². The predicted octanol–water partition coefficient (Wildman–Crippen LogP) is -0.478. The fourth-order valence-corrected chi connectivity index (χ4v) is 0.204. The zero-order chi connectivity index (χ0) is 4.41. The summed E-state index contributed by atoms with van der Waals surface area (Å²) in [6.45, 7) is 0. The molecular weight excluding hydrogens is 84.0 g/mol. The number of nitrogens with zero attached hydrogens (tertiary/aromatic N) is 1. The van der Waals surface area contributed by atoms with Gasteiger partial charge in [0.2, 0.25) is 6.20 Å². The third-order valence-corrected chi connectivity index (χ3v) is 0.407. The summed E-state index contributed by atoms with van der Waals surface area (Å²) in [5.41, 5.74) is 0. The average molecular weight is 87.1 g/mol. The van der Waals surface area contributed by atoms with Gasteiger partial charge in [-0.1, -0.05) is 9.79 Å². The lowest BCUT2D eigenvalue weighted by Gasteiger charge is -1.41. The van der Waals surface area contributed by atoms with Crippen LogP contribution in [-0.2, 0) is 0 Å². The Bertz CT molecular complexity index is 147. The normalized spacial score (nSPS) is 8.67. The minimum atomic E-state index is 0.319. The molecule has 0 radical (unpaired) electrons. The Morgan fingerprint density at radius 3 is 2.83 bits per heavy atom.